The van der Waals surface area contributed by atoms with Gasteiger partial charge in [-0.1, -0.05) is 49.9 Å². The van der Waals surface area contributed by atoms with Crippen molar-refractivity contribution in [2.75, 3.05) is 13.2 Å². The van der Waals surface area contributed by atoms with Crippen molar-refractivity contribution in [3.8, 4) is 17.3 Å². The van der Waals surface area contributed by atoms with Crippen LogP contribution in [0.1, 0.15) is 51.9 Å². The number of nitrogens with zero attached hydrogens (tertiary/aromatic N) is 4. The van der Waals surface area contributed by atoms with Crippen molar-refractivity contribution in [3.05, 3.63) is 41.4 Å². The van der Waals surface area contributed by atoms with Crippen LogP contribution in [0.25, 0.3) is 17.0 Å². The summed E-state index contributed by atoms with van der Waals surface area (Å²) in [6.45, 7) is 3.03. The summed E-state index contributed by atoms with van der Waals surface area (Å²) in [5, 5.41) is 16.5. The minimum absolute atomic E-state index is 0.137. The van der Waals surface area contributed by atoms with Gasteiger partial charge in [0.2, 0.25) is 11.8 Å². The molecule has 1 saturated carbocycles. The van der Waals surface area contributed by atoms with Gasteiger partial charge in [-0.3, -0.25) is 4.79 Å². The van der Waals surface area contributed by atoms with Gasteiger partial charge in [-0.25, -0.2) is 0 Å². The van der Waals surface area contributed by atoms with Gasteiger partial charge in [-0.05, 0) is 49.8 Å². The number of carbonyl (C=O) groups is 1. The normalized spacial score (nSPS) is 18.6. The average Bonchev–Trinajstić information content (AvgIpc) is 3.24. The molecule has 2 heterocycles. The number of benzene rings is 1. The third-order valence-corrected chi connectivity index (χ3v) is 6.52. The van der Waals surface area contributed by atoms with E-state index in [1.165, 1.54) is 32.1 Å². The Labute approximate surface area is 193 Å². The molecule has 1 aromatic carbocycles. The van der Waals surface area contributed by atoms with E-state index in [-0.39, 0.29) is 11.8 Å². The SMILES string of the molecule is CCCCC1CCC(C(=O)NCCOc2ccc3nnc(-c4ccccc4Cl)n3n2)CC1. The van der Waals surface area contributed by atoms with Crippen LogP contribution in [0.4, 0.5) is 0 Å². The fourth-order valence-corrected chi connectivity index (χ4v) is 4.56. The quantitative estimate of drug-likeness (QED) is 0.462. The summed E-state index contributed by atoms with van der Waals surface area (Å²) in [4.78, 5) is 12.5. The Kier molecular flexibility index (Phi) is 7.58. The number of carbonyl (C=O) groups excluding carboxylic acids is 1. The lowest BCUT2D eigenvalue weighted by Gasteiger charge is -2.27. The van der Waals surface area contributed by atoms with Crippen LogP contribution in [0.5, 0.6) is 5.88 Å². The number of ether oxygens (including phenoxy) is 1. The summed E-state index contributed by atoms with van der Waals surface area (Å²) in [6, 6.07) is 11.0. The Balaban J connectivity index is 1.27. The van der Waals surface area contributed by atoms with Gasteiger partial charge >= 0.3 is 0 Å². The molecular formula is C24H30ClN5O2. The zero-order valence-corrected chi connectivity index (χ0v) is 19.2. The molecule has 1 N–H and O–H groups in total. The Morgan fingerprint density at radius 3 is 2.75 bits per heavy atom. The van der Waals surface area contributed by atoms with Crippen LogP contribution in [-0.2, 0) is 4.79 Å². The zero-order chi connectivity index (χ0) is 22.3. The summed E-state index contributed by atoms with van der Waals surface area (Å²) in [5.74, 6) is 2.08. The second-order valence-electron chi connectivity index (χ2n) is 8.44. The molecule has 4 rings (SSSR count). The Bertz CT molecular complexity index is 1050. The minimum Gasteiger partial charge on any atom is -0.475 e. The van der Waals surface area contributed by atoms with Gasteiger partial charge in [-0.2, -0.15) is 4.52 Å². The first-order valence-corrected chi connectivity index (χ1v) is 11.9. The first-order chi connectivity index (χ1) is 15.7. The molecule has 2 aromatic heterocycles. The van der Waals surface area contributed by atoms with Crippen LogP contribution in [0.3, 0.4) is 0 Å². The maximum Gasteiger partial charge on any atom is 0.231 e. The van der Waals surface area contributed by atoms with Gasteiger partial charge in [-0.15, -0.1) is 15.3 Å². The minimum atomic E-state index is 0.137. The maximum absolute atomic E-state index is 12.5. The monoisotopic (exact) mass is 455 g/mol. The zero-order valence-electron chi connectivity index (χ0n) is 18.5. The summed E-state index contributed by atoms with van der Waals surface area (Å²) < 4.78 is 7.39. The van der Waals surface area contributed by atoms with Crippen molar-refractivity contribution in [1.82, 2.24) is 25.1 Å². The molecule has 0 saturated heterocycles. The van der Waals surface area contributed by atoms with Gasteiger partial charge in [0.15, 0.2) is 11.5 Å². The second kappa shape index (κ2) is 10.8. The lowest BCUT2D eigenvalue weighted by Crippen LogP contribution is -2.35. The van der Waals surface area contributed by atoms with E-state index in [1.807, 2.05) is 18.2 Å². The summed E-state index contributed by atoms with van der Waals surface area (Å²) in [7, 11) is 0. The van der Waals surface area contributed by atoms with Crippen molar-refractivity contribution in [2.24, 2.45) is 11.8 Å². The molecule has 1 fully saturated rings. The van der Waals surface area contributed by atoms with Crippen LogP contribution < -0.4 is 10.1 Å². The molecule has 8 heteroatoms. The van der Waals surface area contributed by atoms with E-state index in [9.17, 15) is 4.79 Å². The van der Waals surface area contributed by atoms with Gasteiger partial charge in [0, 0.05) is 17.5 Å². The van der Waals surface area contributed by atoms with Gasteiger partial charge in [0.25, 0.3) is 0 Å². The number of amides is 1. The molecule has 1 aliphatic carbocycles. The van der Waals surface area contributed by atoms with Crippen LogP contribution >= 0.6 is 11.6 Å². The molecule has 1 amide bonds. The highest BCUT2D eigenvalue weighted by atomic mass is 35.5. The van der Waals surface area contributed by atoms with Crippen molar-refractivity contribution in [3.63, 3.8) is 0 Å². The molecule has 3 aromatic rings. The molecular weight excluding hydrogens is 426 g/mol. The van der Waals surface area contributed by atoms with Crippen LogP contribution in [0, 0.1) is 11.8 Å². The molecule has 170 valence electrons. The molecule has 0 aliphatic heterocycles. The van der Waals surface area contributed by atoms with Crippen molar-refractivity contribution in [1.29, 1.82) is 0 Å². The fraction of sp³-hybridized carbons (Fsp3) is 0.500. The van der Waals surface area contributed by atoms with E-state index in [4.69, 9.17) is 16.3 Å². The highest BCUT2D eigenvalue weighted by Crippen LogP contribution is 2.32. The lowest BCUT2D eigenvalue weighted by atomic mass is 9.79. The Hall–Kier alpha value is -2.67. The topological polar surface area (TPSA) is 81.4 Å². The predicted molar refractivity (Wildman–Crippen MR) is 125 cm³/mol. The Morgan fingerprint density at radius 2 is 1.97 bits per heavy atom. The van der Waals surface area contributed by atoms with Crippen LogP contribution in [0.2, 0.25) is 5.02 Å². The third-order valence-electron chi connectivity index (χ3n) is 6.19. The molecule has 0 spiro atoms. The van der Waals surface area contributed by atoms with Gasteiger partial charge in [0.1, 0.15) is 6.61 Å². The number of fused-ring (bicyclic) bond motifs is 1. The van der Waals surface area contributed by atoms with E-state index in [0.29, 0.717) is 35.5 Å². The molecule has 0 radical (unpaired) electrons. The molecule has 1 aliphatic rings. The molecule has 7 nitrogen and oxygen atoms in total. The summed E-state index contributed by atoms with van der Waals surface area (Å²) in [5.41, 5.74) is 1.36. The lowest BCUT2D eigenvalue weighted by molar-refractivity contribution is -0.126. The van der Waals surface area contributed by atoms with Crippen LogP contribution in [-0.4, -0.2) is 38.9 Å². The van der Waals surface area contributed by atoms with Crippen LogP contribution in [0.15, 0.2) is 36.4 Å². The highest BCUT2D eigenvalue weighted by molar-refractivity contribution is 6.33. The van der Waals surface area contributed by atoms with E-state index in [2.05, 4.69) is 27.5 Å². The first kappa shape index (κ1) is 22.5. The predicted octanol–water partition coefficient (Wildman–Crippen LogP) is 4.94. The Morgan fingerprint density at radius 1 is 1.16 bits per heavy atom. The van der Waals surface area contributed by atoms with E-state index in [0.717, 1.165) is 24.3 Å². The number of hydrogen-bond donors (Lipinski definition) is 1. The number of halogens is 1. The maximum atomic E-state index is 12.5. The third kappa shape index (κ3) is 5.38. The van der Waals surface area contributed by atoms with Crippen molar-refractivity contribution < 1.29 is 9.53 Å². The smallest absolute Gasteiger partial charge is 0.231 e. The largest absolute Gasteiger partial charge is 0.475 e. The molecule has 0 unspecified atom stereocenters. The van der Waals surface area contributed by atoms with Crippen molar-refractivity contribution in [2.45, 2.75) is 51.9 Å². The van der Waals surface area contributed by atoms with Gasteiger partial charge in [0.05, 0.1) is 11.6 Å². The standard InChI is InChI=1S/C24H30ClN5O2/c1-2-3-6-17-9-11-18(12-10-17)24(31)26-15-16-32-22-14-13-21-27-28-23(30(21)29-22)19-7-4-5-8-20(19)25/h4-5,7-8,13-14,17-18H,2-3,6,9-12,15-16H2,1H3,(H,26,31). The number of aromatic nitrogens is 4. The van der Waals surface area contributed by atoms with E-state index >= 15 is 0 Å². The van der Waals surface area contributed by atoms with E-state index in [1.54, 1.807) is 22.7 Å². The number of nitrogens with one attached hydrogen (secondary N) is 1. The number of rotatable bonds is 9. The first-order valence-electron chi connectivity index (χ1n) is 11.5. The second-order valence-corrected chi connectivity index (χ2v) is 8.85. The fourth-order valence-electron chi connectivity index (χ4n) is 4.34. The summed E-state index contributed by atoms with van der Waals surface area (Å²) >= 11 is 6.30. The average molecular weight is 456 g/mol. The van der Waals surface area contributed by atoms with Crippen molar-refractivity contribution >= 4 is 23.2 Å². The number of unbranched alkanes of at least 4 members (excludes halogenated alkanes) is 1. The number of hydrogen-bond acceptors (Lipinski definition) is 5. The molecule has 0 bridgehead atoms. The summed E-state index contributed by atoms with van der Waals surface area (Å²) in [6.07, 6.45) is 8.20. The molecule has 0 atom stereocenters. The highest BCUT2D eigenvalue weighted by Gasteiger charge is 2.25. The van der Waals surface area contributed by atoms with E-state index < -0.39 is 0 Å². The van der Waals surface area contributed by atoms with Gasteiger partial charge < -0.3 is 10.1 Å². The molecule has 32 heavy (non-hydrogen) atoms.